The molecule has 0 spiro atoms. The number of hydrogen-bond donors (Lipinski definition) is 0. The smallest absolute Gasteiger partial charge is 0.245 e. The predicted octanol–water partition coefficient (Wildman–Crippen LogP) is 0.808. The summed E-state index contributed by atoms with van der Waals surface area (Å²) in [6.45, 7) is 1.04. The molecule has 5 nitrogen and oxygen atoms in total. The van der Waals surface area contributed by atoms with Gasteiger partial charge < -0.3 is 4.90 Å². The van der Waals surface area contributed by atoms with Crippen LogP contribution in [0.5, 0.6) is 0 Å². The summed E-state index contributed by atoms with van der Waals surface area (Å²) in [5.41, 5.74) is 0. The molecule has 78 valence electrons. The van der Waals surface area contributed by atoms with Gasteiger partial charge in [-0.2, -0.15) is 0 Å². The second-order valence-corrected chi connectivity index (χ2v) is 3.95. The highest BCUT2D eigenvalue weighted by Crippen LogP contribution is 2.24. The Morgan fingerprint density at radius 2 is 2.43 bits per heavy atom. The monoisotopic (exact) mass is 215 g/mol. The number of rotatable bonds is 3. The lowest BCUT2D eigenvalue weighted by Gasteiger charge is -2.23. The van der Waals surface area contributed by atoms with E-state index in [1.54, 1.807) is 4.68 Å². The van der Waals surface area contributed by atoms with E-state index in [0.717, 1.165) is 18.9 Å². The minimum atomic E-state index is 0.511. The lowest BCUT2D eigenvalue weighted by atomic mass is 10.2. The van der Waals surface area contributed by atoms with Crippen LogP contribution in [-0.2, 0) is 7.05 Å². The SMILES string of the molecule is Cn1nnnc1N1CCCC1CCCl. The van der Waals surface area contributed by atoms with Gasteiger partial charge in [0.1, 0.15) is 0 Å². The van der Waals surface area contributed by atoms with Crippen molar-refractivity contribution in [1.29, 1.82) is 0 Å². The first kappa shape index (κ1) is 9.71. The molecule has 1 atom stereocenters. The van der Waals surface area contributed by atoms with Crippen LogP contribution in [0.15, 0.2) is 0 Å². The summed E-state index contributed by atoms with van der Waals surface area (Å²) in [6, 6.07) is 0.511. The Kier molecular flexibility index (Phi) is 2.86. The van der Waals surface area contributed by atoms with Crippen molar-refractivity contribution in [3.8, 4) is 0 Å². The third-order valence-electron chi connectivity index (χ3n) is 2.67. The van der Waals surface area contributed by atoms with Gasteiger partial charge in [-0.1, -0.05) is 5.10 Å². The number of aromatic nitrogens is 4. The maximum Gasteiger partial charge on any atom is 0.245 e. The largest absolute Gasteiger partial charge is 0.337 e. The van der Waals surface area contributed by atoms with Crippen molar-refractivity contribution in [1.82, 2.24) is 20.2 Å². The highest BCUT2D eigenvalue weighted by Gasteiger charge is 2.27. The first-order valence-corrected chi connectivity index (χ1v) is 5.41. The highest BCUT2D eigenvalue weighted by atomic mass is 35.5. The van der Waals surface area contributed by atoms with E-state index in [-0.39, 0.29) is 0 Å². The van der Waals surface area contributed by atoms with Gasteiger partial charge in [0.05, 0.1) is 0 Å². The molecule has 2 rings (SSSR count). The Morgan fingerprint density at radius 3 is 3.07 bits per heavy atom. The standard InChI is InChI=1S/C8H14ClN5/c1-13-8(10-11-12-13)14-6-2-3-7(14)4-5-9/h7H,2-6H2,1H3. The lowest BCUT2D eigenvalue weighted by Crippen LogP contribution is -2.31. The van der Waals surface area contributed by atoms with Crippen molar-refractivity contribution in [2.75, 3.05) is 17.3 Å². The normalized spacial score (nSPS) is 21.9. The number of anilines is 1. The summed E-state index contributed by atoms with van der Waals surface area (Å²) >= 11 is 5.76. The zero-order valence-corrected chi connectivity index (χ0v) is 8.98. The summed E-state index contributed by atoms with van der Waals surface area (Å²) in [5, 5.41) is 11.5. The van der Waals surface area contributed by atoms with Crippen LogP contribution in [0.1, 0.15) is 19.3 Å². The van der Waals surface area contributed by atoms with Crippen LogP contribution in [0.4, 0.5) is 5.95 Å². The van der Waals surface area contributed by atoms with Gasteiger partial charge in [0.2, 0.25) is 5.95 Å². The van der Waals surface area contributed by atoms with Crippen molar-refractivity contribution in [3.05, 3.63) is 0 Å². The Labute approximate surface area is 88.0 Å². The van der Waals surface area contributed by atoms with E-state index in [4.69, 9.17) is 11.6 Å². The molecule has 0 saturated carbocycles. The van der Waals surface area contributed by atoms with Gasteiger partial charge in [-0.25, -0.2) is 4.68 Å². The van der Waals surface area contributed by atoms with E-state index in [9.17, 15) is 0 Å². The van der Waals surface area contributed by atoms with Crippen LogP contribution >= 0.6 is 11.6 Å². The van der Waals surface area contributed by atoms with Crippen molar-refractivity contribution >= 4 is 17.5 Å². The number of hydrogen-bond acceptors (Lipinski definition) is 4. The molecular formula is C8H14ClN5. The van der Waals surface area contributed by atoms with Crippen LogP contribution in [0, 0.1) is 0 Å². The molecule has 1 aliphatic heterocycles. The molecule has 1 unspecified atom stereocenters. The highest BCUT2D eigenvalue weighted by molar-refractivity contribution is 6.17. The average Bonchev–Trinajstić information content (AvgIpc) is 2.74. The molecule has 14 heavy (non-hydrogen) atoms. The summed E-state index contributed by atoms with van der Waals surface area (Å²) in [4.78, 5) is 2.25. The molecular weight excluding hydrogens is 202 g/mol. The van der Waals surface area contributed by atoms with E-state index < -0.39 is 0 Å². The third-order valence-corrected chi connectivity index (χ3v) is 2.89. The van der Waals surface area contributed by atoms with Crippen LogP contribution < -0.4 is 4.90 Å². The van der Waals surface area contributed by atoms with Crippen molar-refractivity contribution in [2.45, 2.75) is 25.3 Å². The molecule has 0 aromatic carbocycles. The Balaban J connectivity index is 2.13. The number of aryl methyl sites for hydroxylation is 1. The zero-order chi connectivity index (χ0) is 9.97. The molecule has 0 amide bonds. The molecule has 6 heteroatoms. The van der Waals surface area contributed by atoms with Gasteiger partial charge in [-0.15, -0.1) is 11.6 Å². The minimum absolute atomic E-state index is 0.511. The maximum atomic E-state index is 5.76. The Bertz CT molecular complexity index is 300. The summed E-state index contributed by atoms with van der Waals surface area (Å²) < 4.78 is 1.71. The van der Waals surface area contributed by atoms with E-state index in [2.05, 4.69) is 20.4 Å². The van der Waals surface area contributed by atoms with Crippen LogP contribution in [0.2, 0.25) is 0 Å². The molecule has 0 bridgehead atoms. The van der Waals surface area contributed by atoms with Gasteiger partial charge in [-0.05, 0) is 29.7 Å². The van der Waals surface area contributed by atoms with E-state index in [0.29, 0.717) is 11.9 Å². The molecule has 1 aromatic rings. The second kappa shape index (κ2) is 4.13. The molecule has 1 fully saturated rings. The zero-order valence-electron chi connectivity index (χ0n) is 8.23. The van der Waals surface area contributed by atoms with Crippen LogP contribution in [-0.4, -0.2) is 38.7 Å². The number of alkyl halides is 1. The van der Waals surface area contributed by atoms with Crippen LogP contribution in [0.3, 0.4) is 0 Å². The summed E-state index contributed by atoms with van der Waals surface area (Å²) in [5.74, 6) is 1.56. The Hall–Kier alpha value is -0.840. The Morgan fingerprint density at radius 1 is 1.57 bits per heavy atom. The molecule has 1 aromatic heterocycles. The first-order chi connectivity index (χ1) is 6.83. The first-order valence-electron chi connectivity index (χ1n) is 4.88. The van der Waals surface area contributed by atoms with Gasteiger partial charge in [-0.3, -0.25) is 0 Å². The molecule has 1 saturated heterocycles. The molecule has 0 N–H and O–H groups in total. The van der Waals surface area contributed by atoms with Crippen molar-refractivity contribution in [2.24, 2.45) is 7.05 Å². The van der Waals surface area contributed by atoms with Crippen molar-refractivity contribution < 1.29 is 0 Å². The molecule has 2 heterocycles. The van der Waals surface area contributed by atoms with Gasteiger partial charge in [0.25, 0.3) is 0 Å². The van der Waals surface area contributed by atoms with Gasteiger partial charge in [0, 0.05) is 25.5 Å². The topological polar surface area (TPSA) is 46.8 Å². The minimum Gasteiger partial charge on any atom is -0.337 e. The van der Waals surface area contributed by atoms with Crippen molar-refractivity contribution in [3.63, 3.8) is 0 Å². The summed E-state index contributed by atoms with van der Waals surface area (Å²) in [7, 11) is 1.87. The maximum absolute atomic E-state index is 5.76. The number of nitrogens with zero attached hydrogens (tertiary/aromatic N) is 5. The summed E-state index contributed by atoms with van der Waals surface area (Å²) in [6.07, 6.45) is 3.41. The van der Waals surface area contributed by atoms with E-state index >= 15 is 0 Å². The predicted molar refractivity (Wildman–Crippen MR) is 54.5 cm³/mol. The molecule has 1 aliphatic rings. The van der Waals surface area contributed by atoms with E-state index in [1.165, 1.54) is 12.8 Å². The fraction of sp³-hybridized carbons (Fsp3) is 0.875. The fourth-order valence-electron chi connectivity index (χ4n) is 1.99. The van der Waals surface area contributed by atoms with E-state index in [1.807, 2.05) is 7.05 Å². The molecule has 0 radical (unpaired) electrons. The third kappa shape index (κ3) is 1.68. The molecule has 0 aliphatic carbocycles. The van der Waals surface area contributed by atoms with Gasteiger partial charge >= 0.3 is 0 Å². The fourth-order valence-corrected chi connectivity index (χ4v) is 2.25. The number of tetrazole rings is 1. The lowest BCUT2D eigenvalue weighted by molar-refractivity contribution is 0.617. The second-order valence-electron chi connectivity index (χ2n) is 3.57. The van der Waals surface area contributed by atoms with Crippen LogP contribution in [0.25, 0.3) is 0 Å². The average molecular weight is 216 g/mol. The number of halogens is 1. The van der Waals surface area contributed by atoms with Gasteiger partial charge in [0.15, 0.2) is 0 Å². The quantitative estimate of drug-likeness (QED) is 0.701.